The van der Waals surface area contributed by atoms with Gasteiger partial charge in [-0.1, -0.05) is 13.0 Å². The zero-order valence-corrected chi connectivity index (χ0v) is 23.5. The first kappa shape index (κ1) is 25.5. The van der Waals surface area contributed by atoms with Crippen molar-refractivity contribution in [3.63, 3.8) is 0 Å². The summed E-state index contributed by atoms with van der Waals surface area (Å²) in [6.45, 7) is 2.39. The molecule has 2 aliphatic heterocycles. The molecule has 6 rings (SSSR count). The summed E-state index contributed by atoms with van der Waals surface area (Å²) < 4.78 is 64.1. The van der Waals surface area contributed by atoms with Gasteiger partial charge in [0.05, 0.1) is 25.6 Å². The number of ether oxygens (including phenoxy) is 1. The number of allylic oxidation sites excluding steroid dienone is 1. The fraction of sp³-hybridized carbons (Fsp3) is 0.556. The quantitative estimate of drug-likeness (QED) is 0.450. The highest BCUT2D eigenvalue weighted by atomic mass is 32.1. The van der Waals surface area contributed by atoms with Gasteiger partial charge in [-0.3, -0.25) is 9.59 Å². The van der Waals surface area contributed by atoms with E-state index in [1.54, 1.807) is 10.6 Å². The van der Waals surface area contributed by atoms with Crippen molar-refractivity contribution in [3.05, 3.63) is 44.5 Å². The maximum absolute atomic E-state index is 14.1. The molecule has 0 unspecified atom stereocenters. The molecule has 2 atom stereocenters. The Labute approximate surface area is 241 Å². The molecule has 3 aromatic heterocycles. The molecule has 5 heterocycles. The van der Waals surface area contributed by atoms with Crippen molar-refractivity contribution in [3.8, 4) is 0 Å². The number of rotatable bonds is 6. The Morgan fingerprint density at radius 2 is 2.20 bits per heavy atom. The van der Waals surface area contributed by atoms with Crippen LogP contribution in [0.1, 0.15) is 58.0 Å². The molecule has 0 aromatic carbocycles. The van der Waals surface area contributed by atoms with E-state index in [4.69, 9.17) is 7.48 Å². The Balaban J connectivity index is 1.43. The van der Waals surface area contributed by atoms with Crippen molar-refractivity contribution in [2.45, 2.75) is 70.8 Å². The molecule has 0 radical (unpaired) electrons. The van der Waals surface area contributed by atoms with Gasteiger partial charge in [-0.25, -0.2) is 0 Å². The van der Waals surface area contributed by atoms with Gasteiger partial charge in [-0.05, 0) is 50.2 Å². The molecule has 1 saturated carbocycles. The van der Waals surface area contributed by atoms with Gasteiger partial charge in [0.2, 0.25) is 11.7 Å². The lowest BCUT2D eigenvalue weighted by molar-refractivity contribution is -0.137. The van der Waals surface area contributed by atoms with Gasteiger partial charge in [0.15, 0.2) is 5.82 Å². The van der Waals surface area contributed by atoms with E-state index in [0.29, 0.717) is 36.5 Å². The summed E-state index contributed by atoms with van der Waals surface area (Å²) in [6.07, 6.45) is -0.172. The number of thiophene rings is 1. The highest BCUT2D eigenvalue weighted by Crippen LogP contribution is 2.39. The minimum absolute atomic E-state index is 0.0138. The van der Waals surface area contributed by atoms with E-state index < -0.39 is 24.2 Å². The Kier molecular flexibility index (Phi) is 6.76. The molecule has 3 aliphatic rings. The average Bonchev–Trinajstić information content (AvgIpc) is 3.47. The fourth-order valence-corrected chi connectivity index (χ4v) is 6.84. The number of nitrogens with zero attached hydrogens (tertiary/aromatic N) is 5. The van der Waals surface area contributed by atoms with Crippen LogP contribution in [0.3, 0.4) is 0 Å². The largest absolute Gasteiger partial charge is 0.417 e. The van der Waals surface area contributed by atoms with E-state index in [-0.39, 0.29) is 65.8 Å². The van der Waals surface area contributed by atoms with Crippen LogP contribution in [0.5, 0.6) is 0 Å². The Hall–Kier alpha value is -3.23. The van der Waals surface area contributed by atoms with Crippen LogP contribution in [0, 0.1) is 6.92 Å². The van der Waals surface area contributed by atoms with Crippen LogP contribution >= 0.6 is 11.3 Å². The maximum Gasteiger partial charge on any atom is 0.417 e. The zero-order chi connectivity index (χ0) is 30.7. The minimum atomic E-state index is -4.53. The SMILES string of the molecule is [2H]C1([2H])CCC(c2nc3n(CC(=O)Nc4scc(C(F)(F)F)c4C)c(CC)c(N4CCN[C@H]5CC[C@@H]54)c(=O)n3n2)=CCO1. The monoisotopic (exact) mass is 593 g/mol. The molecule has 1 amide bonds. The van der Waals surface area contributed by atoms with Crippen LogP contribution in [0.25, 0.3) is 11.4 Å². The lowest BCUT2D eigenvalue weighted by Gasteiger charge is -2.50. The summed E-state index contributed by atoms with van der Waals surface area (Å²) in [6, 6.07) is 0.375. The maximum atomic E-state index is 14.1. The number of fused-ring (bicyclic) bond motifs is 2. The molecular formula is C27H32F3N7O3S. The summed E-state index contributed by atoms with van der Waals surface area (Å²) in [5.41, 5.74) is 0.436. The normalized spacial score (nSPS) is 23.2. The standard InChI is InChI=1S/C27H32F3N7O3S/c1-3-19-22(35-10-9-31-18-6-7-20(18)35)25(39)37-26(33-23(34-37)16-5-4-11-40-12-8-16)36(19)13-21(38)32-24-15(2)17(14-41-24)27(28,29)30/h8,14,18,20,31H,3-7,9-13H2,1-2H3,(H,32,38)/t18-,20-/m0/s1/i11D2. The number of amides is 1. The number of aromatic nitrogens is 4. The van der Waals surface area contributed by atoms with E-state index in [1.807, 2.05) is 6.92 Å². The van der Waals surface area contributed by atoms with E-state index >= 15 is 0 Å². The number of alkyl halides is 3. The van der Waals surface area contributed by atoms with Gasteiger partial charge in [0.25, 0.3) is 5.56 Å². The minimum Gasteiger partial charge on any atom is -0.377 e. The van der Waals surface area contributed by atoms with Gasteiger partial charge < -0.3 is 24.8 Å². The third-order valence-electron chi connectivity index (χ3n) is 8.04. The number of carbonyl (C=O) groups excluding carboxylic acids is 1. The number of anilines is 2. The van der Waals surface area contributed by atoms with Crippen LogP contribution in [0.2, 0.25) is 0 Å². The van der Waals surface area contributed by atoms with E-state index in [1.165, 1.54) is 11.4 Å². The second-order valence-electron chi connectivity index (χ2n) is 10.4. The zero-order valence-electron chi connectivity index (χ0n) is 24.7. The van der Waals surface area contributed by atoms with Crippen molar-refractivity contribution in [2.24, 2.45) is 0 Å². The van der Waals surface area contributed by atoms with E-state index in [9.17, 15) is 22.8 Å². The van der Waals surface area contributed by atoms with Crippen molar-refractivity contribution in [1.29, 1.82) is 0 Å². The highest BCUT2D eigenvalue weighted by Gasteiger charge is 2.41. The van der Waals surface area contributed by atoms with Crippen molar-refractivity contribution < 1.29 is 25.4 Å². The number of carbonyl (C=O) groups is 1. The molecular weight excluding hydrogens is 559 g/mol. The van der Waals surface area contributed by atoms with Crippen LogP contribution in [-0.4, -0.2) is 63.4 Å². The number of halogens is 3. The second kappa shape index (κ2) is 10.9. The first-order valence-electron chi connectivity index (χ1n) is 14.7. The number of hydrogen-bond donors (Lipinski definition) is 2. The number of nitrogens with one attached hydrogen (secondary N) is 2. The molecule has 41 heavy (non-hydrogen) atoms. The highest BCUT2D eigenvalue weighted by molar-refractivity contribution is 7.14. The molecule has 0 bridgehead atoms. The molecule has 14 heteroatoms. The predicted molar refractivity (Wildman–Crippen MR) is 150 cm³/mol. The van der Waals surface area contributed by atoms with Gasteiger partial charge in [0.1, 0.15) is 12.2 Å². The molecule has 3 aromatic rings. The number of hydrogen-bond acceptors (Lipinski definition) is 8. The molecule has 2 fully saturated rings. The second-order valence-corrected chi connectivity index (χ2v) is 11.3. The summed E-state index contributed by atoms with van der Waals surface area (Å²) >= 11 is 0.807. The fourth-order valence-electron chi connectivity index (χ4n) is 5.84. The van der Waals surface area contributed by atoms with Crippen molar-refractivity contribution in [2.75, 3.05) is 36.5 Å². The van der Waals surface area contributed by atoms with Gasteiger partial charge >= 0.3 is 6.18 Å². The van der Waals surface area contributed by atoms with Gasteiger partial charge in [-0.2, -0.15) is 22.7 Å². The average molecular weight is 594 g/mol. The van der Waals surface area contributed by atoms with Crippen LogP contribution < -0.4 is 21.1 Å². The van der Waals surface area contributed by atoms with E-state index in [2.05, 4.69) is 25.6 Å². The summed E-state index contributed by atoms with van der Waals surface area (Å²) in [5, 5.41) is 11.7. The number of piperazine rings is 1. The Morgan fingerprint density at radius 1 is 1.37 bits per heavy atom. The molecule has 0 spiro atoms. The predicted octanol–water partition coefficient (Wildman–Crippen LogP) is 3.62. The van der Waals surface area contributed by atoms with Crippen molar-refractivity contribution >= 4 is 39.3 Å². The Morgan fingerprint density at radius 3 is 2.90 bits per heavy atom. The third kappa shape index (κ3) is 5.06. The van der Waals surface area contributed by atoms with Crippen LogP contribution in [0.4, 0.5) is 23.9 Å². The smallest absolute Gasteiger partial charge is 0.377 e. The molecule has 10 nitrogen and oxygen atoms in total. The van der Waals surface area contributed by atoms with Crippen LogP contribution in [0.15, 0.2) is 16.3 Å². The molecule has 220 valence electrons. The first-order chi connectivity index (χ1) is 20.4. The lowest BCUT2D eigenvalue weighted by Crippen LogP contribution is -2.64. The first-order valence-corrected chi connectivity index (χ1v) is 14.6. The Bertz CT molecular complexity index is 1670. The summed E-state index contributed by atoms with van der Waals surface area (Å²) in [7, 11) is 0. The summed E-state index contributed by atoms with van der Waals surface area (Å²) in [5.74, 6) is -0.201. The van der Waals surface area contributed by atoms with Gasteiger partial charge in [0, 0.05) is 37.1 Å². The molecule has 1 saturated heterocycles. The topological polar surface area (TPSA) is 106 Å². The summed E-state index contributed by atoms with van der Waals surface area (Å²) in [4.78, 5) is 34.2. The molecule has 1 aliphatic carbocycles. The van der Waals surface area contributed by atoms with Gasteiger partial charge in [-0.15, -0.1) is 16.4 Å². The van der Waals surface area contributed by atoms with Crippen LogP contribution in [-0.2, 0) is 28.7 Å². The lowest BCUT2D eigenvalue weighted by atomic mass is 9.83. The van der Waals surface area contributed by atoms with E-state index in [0.717, 1.165) is 29.6 Å². The van der Waals surface area contributed by atoms with Crippen molar-refractivity contribution in [1.82, 2.24) is 24.5 Å². The molecule has 2 N–H and O–H groups in total. The third-order valence-corrected chi connectivity index (χ3v) is 9.04.